The summed E-state index contributed by atoms with van der Waals surface area (Å²) in [7, 11) is 0. The highest BCUT2D eigenvalue weighted by Crippen LogP contribution is 2.36. The number of carbonyl (C=O) groups is 5. The van der Waals surface area contributed by atoms with Gasteiger partial charge < -0.3 is 33.2 Å². The van der Waals surface area contributed by atoms with Crippen molar-refractivity contribution in [2.75, 3.05) is 6.61 Å². The molecular weight excluding hydrogens is 537 g/mol. The first-order chi connectivity index (χ1) is 18.1. The van der Waals surface area contributed by atoms with E-state index in [4.69, 9.17) is 33.2 Å². The molecule has 15 heteroatoms. The van der Waals surface area contributed by atoms with Crippen LogP contribution in [0.5, 0.6) is 5.75 Å². The van der Waals surface area contributed by atoms with Crippen LogP contribution in [-0.4, -0.2) is 67.2 Å². The second-order valence-electron chi connectivity index (χ2n) is 8.29. The molecule has 1 aliphatic heterocycles. The molecule has 0 aromatic heterocycles. The number of rotatable bonds is 9. The van der Waals surface area contributed by atoms with Crippen molar-refractivity contribution in [1.29, 1.82) is 0 Å². The van der Waals surface area contributed by atoms with Crippen LogP contribution < -0.4 is 4.74 Å². The summed E-state index contributed by atoms with van der Waals surface area (Å²) in [6.45, 7) is 4.05. The van der Waals surface area contributed by atoms with Crippen LogP contribution in [0.15, 0.2) is 18.2 Å². The van der Waals surface area contributed by atoms with Crippen molar-refractivity contribution in [3.8, 4) is 5.75 Å². The minimum atomic E-state index is -4.74. The zero-order chi connectivity index (χ0) is 29.5. The second kappa shape index (κ2) is 13.3. The standard InChI is InChI=1S/C24H27F3O12/c1-11(28)33-9-16-8-17(24(25,26)27)6-7-18(16)38-23-22(37-15(5)32)21(36-14(4)31)20(35-13(3)30)19(39-23)10-34-12(2)29/h6-8,19-23H,9-10H2,1-5H3. The highest BCUT2D eigenvalue weighted by molar-refractivity contribution is 5.69. The molecule has 1 aliphatic rings. The van der Waals surface area contributed by atoms with Gasteiger partial charge in [0.25, 0.3) is 0 Å². The summed E-state index contributed by atoms with van der Waals surface area (Å²) in [6.07, 6.45) is -12.4. The molecule has 5 unspecified atom stereocenters. The molecule has 0 saturated carbocycles. The van der Waals surface area contributed by atoms with Gasteiger partial charge in [-0.25, -0.2) is 0 Å². The third-order valence-electron chi connectivity index (χ3n) is 5.01. The van der Waals surface area contributed by atoms with E-state index < -0.39 is 85.5 Å². The molecule has 1 heterocycles. The fourth-order valence-corrected chi connectivity index (χ4v) is 3.57. The Hall–Kier alpha value is -3.88. The summed E-state index contributed by atoms with van der Waals surface area (Å²) < 4.78 is 77.1. The molecule has 0 radical (unpaired) electrons. The predicted octanol–water partition coefficient (Wildman–Crippen LogP) is 2.23. The molecule has 0 bridgehead atoms. The van der Waals surface area contributed by atoms with E-state index in [0.717, 1.165) is 40.7 Å². The van der Waals surface area contributed by atoms with E-state index >= 15 is 0 Å². The summed E-state index contributed by atoms with van der Waals surface area (Å²) in [5.41, 5.74) is -1.30. The molecule has 0 amide bonds. The molecule has 0 spiro atoms. The van der Waals surface area contributed by atoms with Crippen LogP contribution in [-0.2, 0) is 65.2 Å². The van der Waals surface area contributed by atoms with Gasteiger partial charge in [0.15, 0.2) is 12.2 Å². The first-order valence-electron chi connectivity index (χ1n) is 11.4. The molecule has 0 N–H and O–H groups in total. The van der Waals surface area contributed by atoms with Crippen molar-refractivity contribution in [3.05, 3.63) is 29.3 Å². The zero-order valence-corrected chi connectivity index (χ0v) is 21.6. The number of ether oxygens (including phenoxy) is 7. The van der Waals surface area contributed by atoms with E-state index in [0.29, 0.717) is 12.1 Å². The first kappa shape index (κ1) is 31.3. The van der Waals surface area contributed by atoms with Crippen molar-refractivity contribution in [2.24, 2.45) is 0 Å². The van der Waals surface area contributed by atoms with Gasteiger partial charge in [0, 0.05) is 40.2 Å². The molecule has 1 aromatic rings. The molecule has 0 aliphatic carbocycles. The lowest BCUT2D eigenvalue weighted by molar-refractivity contribution is -0.288. The number of alkyl halides is 3. The van der Waals surface area contributed by atoms with Gasteiger partial charge in [0.2, 0.25) is 12.4 Å². The zero-order valence-electron chi connectivity index (χ0n) is 21.6. The van der Waals surface area contributed by atoms with E-state index in [1.807, 2.05) is 0 Å². The molecule has 12 nitrogen and oxygen atoms in total. The molecule has 39 heavy (non-hydrogen) atoms. The number of hydrogen-bond donors (Lipinski definition) is 0. The molecule has 1 fully saturated rings. The van der Waals surface area contributed by atoms with Gasteiger partial charge in [-0.05, 0) is 18.2 Å². The molecule has 1 aromatic carbocycles. The summed E-state index contributed by atoms with van der Waals surface area (Å²) in [6, 6.07) is 2.30. The average molecular weight is 564 g/mol. The minimum absolute atomic E-state index is 0.229. The Morgan fingerprint density at radius 3 is 1.82 bits per heavy atom. The van der Waals surface area contributed by atoms with E-state index in [-0.39, 0.29) is 11.3 Å². The summed E-state index contributed by atoms with van der Waals surface area (Å²) in [5.74, 6) is -4.43. The van der Waals surface area contributed by atoms with Crippen LogP contribution in [0.25, 0.3) is 0 Å². The van der Waals surface area contributed by atoms with Gasteiger partial charge in [-0.1, -0.05) is 0 Å². The SMILES string of the molecule is CC(=O)OCc1cc(C(F)(F)F)ccc1OC1OC(COC(C)=O)C(OC(C)=O)C(OC(C)=O)C1OC(C)=O. The van der Waals surface area contributed by atoms with Crippen molar-refractivity contribution in [1.82, 2.24) is 0 Å². The van der Waals surface area contributed by atoms with Crippen LogP contribution in [0.1, 0.15) is 45.7 Å². The summed E-state index contributed by atoms with van der Waals surface area (Å²) in [4.78, 5) is 58.4. The fourth-order valence-electron chi connectivity index (χ4n) is 3.57. The normalized spacial score (nSPS) is 22.7. The van der Waals surface area contributed by atoms with Crippen molar-refractivity contribution in [3.63, 3.8) is 0 Å². The maximum Gasteiger partial charge on any atom is 0.416 e. The lowest BCUT2D eigenvalue weighted by Crippen LogP contribution is -2.63. The number of halogens is 3. The number of carbonyl (C=O) groups excluding carboxylic acids is 5. The molecule has 1 saturated heterocycles. The lowest BCUT2D eigenvalue weighted by Gasteiger charge is -2.44. The maximum absolute atomic E-state index is 13.3. The van der Waals surface area contributed by atoms with Gasteiger partial charge in [-0.3, -0.25) is 24.0 Å². The van der Waals surface area contributed by atoms with E-state index in [1.54, 1.807) is 0 Å². The summed E-state index contributed by atoms with van der Waals surface area (Å²) >= 11 is 0. The molecular formula is C24H27F3O12. The van der Waals surface area contributed by atoms with E-state index in [2.05, 4.69) is 0 Å². The number of esters is 5. The third-order valence-corrected chi connectivity index (χ3v) is 5.01. The average Bonchev–Trinajstić information content (AvgIpc) is 2.79. The molecule has 216 valence electrons. The van der Waals surface area contributed by atoms with Crippen LogP contribution in [0.2, 0.25) is 0 Å². The summed E-state index contributed by atoms with van der Waals surface area (Å²) in [5, 5.41) is 0. The van der Waals surface area contributed by atoms with Crippen molar-refractivity contribution >= 4 is 29.8 Å². The Balaban J connectivity index is 2.58. The van der Waals surface area contributed by atoms with Gasteiger partial charge >= 0.3 is 36.0 Å². The smallest absolute Gasteiger partial charge is 0.416 e. The van der Waals surface area contributed by atoms with Crippen LogP contribution >= 0.6 is 0 Å². The van der Waals surface area contributed by atoms with Gasteiger partial charge in [-0.2, -0.15) is 13.2 Å². The fraction of sp³-hybridized carbons (Fsp3) is 0.542. The Kier molecular flexibility index (Phi) is 10.7. The monoisotopic (exact) mass is 564 g/mol. The third kappa shape index (κ3) is 9.42. The largest absolute Gasteiger partial charge is 0.463 e. The van der Waals surface area contributed by atoms with Crippen LogP contribution in [0.4, 0.5) is 13.2 Å². The first-order valence-corrected chi connectivity index (χ1v) is 11.4. The Labute approximate surface area is 220 Å². The van der Waals surface area contributed by atoms with E-state index in [1.165, 1.54) is 0 Å². The van der Waals surface area contributed by atoms with Crippen LogP contribution in [0.3, 0.4) is 0 Å². The minimum Gasteiger partial charge on any atom is -0.463 e. The molecule has 2 rings (SSSR count). The quantitative estimate of drug-likeness (QED) is 0.320. The second-order valence-corrected chi connectivity index (χ2v) is 8.29. The molecule has 5 atom stereocenters. The van der Waals surface area contributed by atoms with Crippen LogP contribution in [0, 0.1) is 0 Å². The van der Waals surface area contributed by atoms with Crippen molar-refractivity contribution in [2.45, 2.75) is 78.1 Å². The topological polar surface area (TPSA) is 150 Å². The predicted molar refractivity (Wildman–Crippen MR) is 119 cm³/mol. The highest BCUT2D eigenvalue weighted by Gasteiger charge is 2.53. The van der Waals surface area contributed by atoms with Gasteiger partial charge in [0.05, 0.1) is 5.56 Å². The van der Waals surface area contributed by atoms with Crippen molar-refractivity contribution < 1.29 is 70.3 Å². The Bertz CT molecular complexity index is 1090. The Morgan fingerprint density at radius 2 is 1.31 bits per heavy atom. The highest BCUT2D eigenvalue weighted by atomic mass is 19.4. The van der Waals surface area contributed by atoms with E-state index in [9.17, 15) is 37.1 Å². The maximum atomic E-state index is 13.3. The Morgan fingerprint density at radius 1 is 0.769 bits per heavy atom. The lowest BCUT2D eigenvalue weighted by atomic mass is 9.98. The number of hydrogen-bond acceptors (Lipinski definition) is 12. The van der Waals surface area contributed by atoms with Gasteiger partial charge in [0.1, 0.15) is 25.1 Å². The van der Waals surface area contributed by atoms with Gasteiger partial charge in [-0.15, -0.1) is 0 Å². The number of benzene rings is 1.